The highest BCUT2D eigenvalue weighted by molar-refractivity contribution is 7.45. The average molecular weight is 1290 g/mol. The number of phosphoric ester groups is 1. The van der Waals surface area contributed by atoms with E-state index in [9.17, 15) is 19.0 Å². The van der Waals surface area contributed by atoms with Crippen LogP contribution in [0.4, 0.5) is 0 Å². The van der Waals surface area contributed by atoms with Crippen molar-refractivity contribution in [2.45, 2.75) is 354 Å². The molecule has 0 spiro atoms. The topological polar surface area (TPSA) is 114 Å². The first-order valence-corrected chi connectivity index (χ1v) is 39.7. The molecule has 0 aliphatic heterocycles. The number of rotatable bonds is 69. The molecule has 0 saturated heterocycles. The predicted octanol–water partition coefficient (Wildman–Crippen LogP) is 24.2. The van der Waals surface area contributed by atoms with E-state index in [2.05, 4.69) is 123 Å². The van der Waals surface area contributed by atoms with Crippen molar-refractivity contribution in [3.05, 3.63) is 109 Å². The van der Waals surface area contributed by atoms with Crippen LogP contribution in [0.2, 0.25) is 0 Å². The van der Waals surface area contributed by atoms with E-state index < -0.39 is 26.6 Å². The number of hydrogen-bond acceptors (Lipinski definition) is 7. The summed E-state index contributed by atoms with van der Waals surface area (Å²) in [5.74, 6) is -0.546. The van der Waals surface area contributed by atoms with Gasteiger partial charge in [0, 0.05) is 12.8 Å². The third-order valence-corrected chi connectivity index (χ3v) is 17.6. The first kappa shape index (κ1) is 87.7. The molecule has 0 radical (unpaired) electrons. The van der Waals surface area contributed by atoms with E-state index in [-0.39, 0.29) is 24.9 Å². The van der Waals surface area contributed by atoms with Crippen LogP contribution in [0, 0.1) is 0 Å². The first-order valence-electron chi connectivity index (χ1n) is 38.2. The number of carbonyl (C=O) groups excluding carboxylic acids is 2. The van der Waals surface area contributed by atoms with Gasteiger partial charge in [0.05, 0.1) is 33.8 Å². The maximum Gasteiger partial charge on any atom is 0.306 e. The van der Waals surface area contributed by atoms with Crippen molar-refractivity contribution < 1.29 is 37.3 Å². The minimum atomic E-state index is -4.72. The third-order valence-electron chi connectivity index (χ3n) is 16.7. The zero-order valence-corrected chi connectivity index (χ0v) is 61.2. The molecule has 3 atom stereocenters. The number of carbonyl (C=O) groups is 2. The maximum atomic E-state index is 13.6. The molecule has 0 aromatic carbocycles. The Bertz CT molecular complexity index is 1930. The van der Waals surface area contributed by atoms with Gasteiger partial charge in [-0.05, 0) is 122 Å². The summed E-state index contributed by atoms with van der Waals surface area (Å²) < 4.78 is 30.5. The van der Waals surface area contributed by atoms with E-state index in [4.69, 9.17) is 13.8 Å². The molecule has 91 heavy (non-hydrogen) atoms. The van der Waals surface area contributed by atoms with Crippen molar-refractivity contribution in [2.75, 3.05) is 40.9 Å². The Balaban J connectivity index is 5.06. The second-order valence-electron chi connectivity index (χ2n) is 26.8. The Kier molecular flexibility index (Phi) is 67.0. The van der Waals surface area contributed by atoms with Gasteiger partial charge in [-0.25, -0.2) is 0 Å². The molecule has 1 N–H and O–H groups in total. The molecule has 9 nitrogen and oxygen atoms in total. The Labute approximate surface area is 563 Å². The molecular formula is C81H145N2O7P. The summed E-state index contributed by atoms with van der Waals surface area (Å²) in [6.45, 7) is 6.81. The summed E-state index contributed by atoms with van der Waals surface area (Å²) in [6, 6.07) is -0.901. The fourth-order valence-corrected chi connectivity index (χ4v) is 11.5. The number of hydrogen-bond donors (Lipinski definition) is 1. The van der Waals surface area contributed by atoms with Gasteiger partial charge < -0.3 is 28.5 Å². The number of quaternary nitrogens is 1. The van der Waals surface area contributed by atoms with Crippen molar-refractivity contribution in [1.29, 1.82) is 0 Å². The van der Waals surface area contributed by atoms with Crippen molar-refractivity contribution in [3.63, 3.8) is 0 Å². The van der Waals surface area contributed by atoms with Crippen LogP contribution in [0.5, 0.6) is 0 Å². The van der Waals surface area contributed by atoms with Crippen molar-refractivity contribution in [2.24, 2.45) is 0 Å². The molecule has 0 saturated carbocycles. The number of amides is 1. The van der Waals surface area contributed by atoms with Crippen molar-refractivity contribution >= 4 is 19.7 Å². The Morgan fingerprint density at radius 3 is 1.02 bits per heavy atom. The summed E-state index contributed by atoms with van der Waals surface area (Å²) >= 11 is 0. The lowest BCUT2D eigenvalue weighted by Gasteiger charge is -2.30. The molecule has 0 heterocycles. The van der Waals surface area contributed by atoms with E-state index in [1.165, 1.54) is 193 Å². The fourth-order valence-electron chi connectivity index (χ4n) is 10.8. The lowest BCUT2D eigenvalue weighted by molar-refractivity contribution is -0.870. The largest absolute Gasteiger partial charge is 0.756 e. The molecule has 0 aliphatic carbocycles. The van der Waals surface area contributed by atoms with Gasteiger partial charge in [-0.15, -0.1) is 0 Å². The van der Waals surface area contributed by atoms with Crippen LogP contribution in [0.25, 0.3) is 0 Å². The van der Waals surface area contributed by atoms with Crippen LogP contribution in [-0.2, 0) is 27.9 Å². The van der Waals surface area contributed by atoms with Gasteiger partial charge >= 0.3 is 5.97 Å². The van der Waals surface area contributed by atoms with E-state index in [1.54, 1.807) is 0 Å². The van der Waals surface area contributed by atoms with Crippen molar-refractivity contribution in [1.82, 2.24) is 5.32 Å². The van der Waals surface area contributed by atoms with Gasteiger partial charge in [-0.1, -0.05) is 317 Å². The number of likely N-dealkylation sites (N-methyl/N-ethyl adjacent to an activating group) is 1. The first-order chi connectivity index (χ1) is 44.4. The Morgan fingerprint density at radius 1 is 0.385 bits per heavy atom. The van der Waals surface area contributed by atoms with E-state index in [1.807, 2.05) is 33.3 Å². The van der Waals surface area contributed by atoms with E-state index >= 15 is 0 Å². The lowest BCUT2D eigenvalue weighted by Crippen LogP contribution is -2.47. The standard InChI is InChI=1S/C81H145N2O7P/c1-7-10-13-16-19-22-25-28-30-32-34-36-38-40-41-43-44-46-48-50-52-55-58-61-64-67-70-73-80(84)82-78(77-89-91(86,87)88-76-75-83(4,5)6)79(72-69-66-63-60-57-54-27-24-21-18-15-12-9-3)90-81(85)74-71-68-65-62-59-56-53-51-49-47-45-42-39-37-35-33-31-29-26-23-20-17-14-11-8-2/h19-20,22-23,28-31,34-37,40-42,45,69,72,78-79H,7-18,21,24-27,32-33,38-39,43-44,46-68,70-71,73-77H2,1-6H3,(H-,82,84,86,87)/b22-19-,23-20-,30-28-,31-29-,36-34-,37-35-,41-40-,45-42-,72-69+. The highest BCUT2D eigenvalue weighted by atomic mass is 31.2. The van der Waals surface area contributed by atoms with Gasteiger partial charge in [0.25, 0.3) is 7.82 Å². The second-order valence-corrected chi connectivity index (χ2v) is 28.2. The molecule has 3 unspecified atom stereocenters. The number of nitrogens with zero attached hydrogens (tertiary/aromatic N) is 1. The molecular weight excluding hydrogens is 1140 g/mol. The average Bonchev–Trinajstić information content (AvgIpc) is 3.45. The molecule has 526 valence electrons. The van der Waals surface area contributed by atoms with Crippen LogP contribution < -0.4 is 10.2 Å². The lowest BCUT2D eigenvalue weighted by atomic mass is 10.0. The third kappa shape index (κ3) is 70.8. The number of allylic oxidation sites excluding steroid dienone is 17. The van der Waals surface area contributed by atoms with Crippen LogP contribution in [0.1, 0.15) is 342 Å². The highest BCUT2D eigenvalue weighted by Gasteiger charge is 2.27. The highest BCUT2D eigenvalue weighted by Crippen LogP contribution is 2.38. The zero-order valence-electron chi connectivity index (χ0n) is 60.3. The number of unbranched alkanes of at least 4 members (excludes halogenated alkanes) is 37. The molecule has 10 heteroatoms. The number of phosphoric acid groups is 1. The molecule has 0 bridgehead atoms. The summed E-state index contributed by atoms with van der Waals surface area (Å²) in [4.78, 5) is 40.3. The van der Waals surface area contributed by atoms with E-state index in [0.717, 1.165) is 116 Å². The quantitative estimate of drug-likeness (QED) is 0.0212. The van der Waals surface area contributed by atoms with Gasteiger partial charge in [-0.3, -0.25) is 14.2 Å². The summed E-state index contributed by atoms with van der Waals surface area (Å²) in [5.41, 5.74) is 0. The number of esters is 1. The minimum absolute atomic E-state index is 0.0280. The molecule has 0 rings (SSSR count). The Morgan fingerprint density at radius 2 is 0.670 bits per heavy atom. The molecule has 0 aromatic rings. The number of ether oxygens (including phenoxy) is 1. The van der Waals surface area contributed by atoms with Gasteiger partial charge in [0.2, 0.25) is 5.91 Å². The van der Waals surface area contributed by atoms with Gasteiger partial charge in [0.1, 0.15) is 19.3 Å². The minimum Gasteiger partial charge on any atom is -0.756 e. The van der Waals surface area contributed by atoms with Crippen LogP contribution in [0.15, 0.2) is 109 Å². The summed E-state index contributed by atoms with van der Waals surface area (Å²) in [7, 11) is 1.18. The molecule has 0 aromatic heterocycles. The maximum absolute atomic E-state index is 13.6. The van der Waals surface area contributed by atoms with Crippen LogP contribution in [-0.4, -0.2) is 69.4 Å². The second kappa shape index (κ2) is 69.5. The molecule has 0 aliphatic rings. The predicted molar refractivity (Wildman–Crippen MR) is 394 cm³/mol. The molecule has 0 fully saturated rings. The summed E-state index contributed by atoms with van der Waals surface area (Å²) in [6.07, 6.45) is 96.4. The zero-order chi connectivity index (χ0) is 66.3. The van der Waals surface area contributed by atoms with E-state index in [0.29, 0.717) is 17.4 Å². The molecule has 1 amide bonds. The smallest absolute Gasteiger partial charge is 0.306 e. The summed E-state index contributed by atoms with van der Waals surface area (Å²) in [5, 5.41) is 3.05. The van der Waals surface area contributed by atoms with Crippen LogP contribution in [0.3, 0.4) is 0 Å². The Hall–Kier alpha value is -3.33. The normalized spacial score (nSPS) is 14.1. The van der Waals surface area contributed by atoms with Crippen molar-refractivity contribution in [3.8, 4) is 0 Å². The monoisotopic (exact) mass is 1290 g/mol. The number of nitrogens with one attached hydrogen (secondary N) is 1. The van der Waals surface area contributed by atoms with Crippen LogP contribution >= 0.6 is 7.82 Å². The SMILES string of the molecule is CCCCC/C=C\C/C=C\C/C=C\C/C=C\CCCCCCCCCCCCCC(=O)NC(COP(=O)([O-])OCC[N+](C)(C)C)C(/C=C/CCCCCCCCCCCCC)OC(=O)CCCCCCCCCCC/C=C\C/C=C\C/C=C\C/C=C\CCCCC. The fraction of sp³-hybridized carbons (Fsp3) is 0.753. The van der Waals surface area contributed by atoms with Gasteiger partial charge in [0.15, 0.2) is 0 Å². The van der Waals surface area contributed by atoms with Gasteiger partial charge in [-0.2, -0.15) is 0 Å².